The molecule has 0 aromatic heterocycles. The highest BCUT2D eigenvalue weighted by Gasteiger charge is 2.07. The van der Waals surface area contributed by atoms with Gasteiger partial charge in [0.25, 0.3) is 0 Å². The molecule has 1 atom stereocenters. The van der Waals surface area contributed by atoms with E-state index in [0.717, 1.165) is 25.6 Å². The number of nitrogens with one attached hydrogen (secondary N) is 1. The van der Waals surface area contributed by atoms with Crippen LogP contribution in [0.1, 0.15) is 79.1 Å². The molecular formula is C17H37NO. The summed E-state index contributed by atoms with van der Waals surface area (Å²) in [7, 11) is 0. The van der Waals surface area contributed by atoms with E-state index in [4.69, 9.17) is 4.74 Å². The van der Waals surface area contributed by atoms with E-state index in [9.17, 15) is 0 Å². The third-order valence-electron chi connectivity index (χ3n) is 3.39. The Hall–Kier alpha value is -0.0800. The van der Waals surface area contributed by atoms with Gasteiger partial charge in [0.15, 0.2) is 0 Å². The number of unbranched alkanes of at least 4 members (excludes halogenated alkanes) is 5. The zero-order valence-electron chi connectivity index (χ0n) is 13.8. The molecule has 0 aliphatic carbocycles. The predicted octanol–water partition coefficient (Wildman–Crippen LogP) is 4.78. The van der Waals surface area contributed by atoms with Gasteiger partial charge >= 0.3 is 0 Å². The van der Waals surface area contributed by atoms with Crippen LogP contribution in [0.25, 0.3) is 0 Å². The molecule has 2 heteroatoms. The summed E-state index contributed by atoms with van der Waals surface area (Å²) in [6, 6.07) is 0. The molecule has 0 spiro atoms. The molecule has 0 aromatic carbocycles. The number of rotatable bonds is 14. The molecule has 2 nitrogen and oxygen atoms in total. The van der Waals surface area contributed by atoms with Gasteiger partial charge in [-0.25, -0.2) is 0 Å². The number of hydrogen-bond acceptors (Lipinski definition) is 2. The first-order valence-electron chi connectivity index (χ1n) is 8.53. The first-order valence-corrected chi connectivity index (χ1v) is 8.53. The SMILES string of the molecule is CCCCCCCCOC(CCC)CNCC(C)C. The topological polar surface area (TPSA) is 21.3 Å². The molecule has 0 heterocycles. The summed E-state index contributed by atoms with van der Waals surface area (Å²) < 4.78 is 6.01. The van der Waals surface area contributed by atoms with Gasteiger partial charge in [0.2, 0.25) is 0 Å². The van der Waals surface area contributed by atoms with Crippen molar-refractivity contribution in [3.8, 4) is 0 Å². The van der Waals surface area contributed by atoms with Crippen LogP contribution in [0.3, 0.4) is 0 Å². The standard InChI is InChI=1S/C17H37NO/c1-5-7-8-9-10-11-13-19-17(12-6-2)15-18-14-16(3)4/h16-18H,5-15H2,1-4H3. The van der Waals surface area contributed by atoms with E-state index in [1.807, 2.05) is 0 Å². The van der Waals surface area contributed by atoms with Crippen molar-refractivity contribution >= 4 is 0 Å². The minimum absolute atomic E-state index is 0.416. The van der Waals surface area contributed by atoms with Gasteiger partial charge in [0.05, 0.1) is 6.10 Å². The molecule has 0 aromatic rings. The van der Waals surface area contributed by atoms with Crippen LogP contribution in [0.15, 0.2) is 0 Å². The highest BCUT2D eigenvalue weighted by molar-refractivity contribution is 4.62. The first kappa shape index (κ1) is 18.9. The molecule has 0 aliphatic heterocycles. The molecule has 0 radical (unpaired) electrons. The minimum Gasteiger partial charge on any atom is -0.377 e. The fourth-order valence-electron chi connectivity index (χ4n) is 2.23. The quantitative estimate of drug-likeness (QED) is 0.459. The maximum Gasteiger partial charge on any atom is 0.0699 e. The summed E-state index contributed by atoms with van der Waals surface area (Å²) in [6.45, 7) is 12.1. The van der Waals surface area contributed by atoms with E-state index >= 15 is 0 Å². The van der Waals surface area contributed by atoms with Crippen molar-refractivity contribution < 1.29 is 4.74 Å². The largest absolute Gasteiger partial charge is 0.377 e. The molecule has 116 valence electrons. The molecule has 0 aliphatic rings. The van der Waals surface area contributed by atoms with E-state index in [1.54, 1.807) is 0 Å². The maximum atomic E-state index is 6.01. The second-order valence-corrected chi connectivity index (χ2v) is 6.10. The highest BCUT2D eigenvalue weighted by Crippen LogP contribution is 2.07. The van der Waals surface area contributed by atoms with Gasteiger partial charge in [0.1, 0.15) is 0 Å². The lowest BCUT2D eigenvalue weighted by molar-refractivity contribution is 0.0441. The lowest BCUT2D eigenvalue weighted by Crippen LogP contribution is -2.31. The Morgan fingerprint density at radius 3 is 2.16 bits per heavy atom. The van der Waals surface area contributed by atoms with E-state index in [-0.39, 0.29) is 0 Å². The molecule has 0 saturated heterocycles. The van der Waals surface area contributed by atoms with E-state index in [1.165, 1.54) is 51.4 Å². The molecule has 19 heavy (non-hydrogen) atoms. The second kappa shape index (κ2) is 14.3. The fourth-order valence-corrected chi connectivity index (χ4v) is 2.23. The van der Waals surface area contributed by atoms with E-state index in [0.29, 0.717) is 6.10 Å². The third kappa shape index (κ3) is 14.1. The Kier molecular flexibility index (Phi) is 14.3. The van der Waals surface area contributed by atoms with Crippen LogP contribution in [-0.4, -0.2) is 25.8 Å². The monoisotopic (exact) mass is 271 g/mol. The second-order valence-electron chi connectivity index (χ2n) is 6.10. The van der Waals surface area contributed by atoms with Crippen molar-refractivity contribution in [3.05, 3.63) is 0 Å². The Balaban J connectivity index is 3.47. The lowest BCUT2D eigenvalue weighted by atomic mass is 10.1. The highest BCUT2D eigenvalue weighted by atomic mass is 16.5. The van der Waals surface area contributed by atoms with Crippen LogP contribution in [0.4, 0.5) is 0 Å². The average Bonchev–Trinajstić information content (AvgIpc) is 2.37. The average molecular weight is 271 g/mol. The minimum atomic E-state index is 0.416. The molecule has 0 saturated carbocycles. The van der Waals surface area contributed by atoms with Gasteiger partial charge in [0, 0.05) is 13.2 Å². The lowest BCUT2D eigenvalue weighted by Gasteiger charge is -2.18. The summed E-state index contributed by atoms with van der Waals surface area (Å²) in [4.78, 5) is 0. The number of hydrogen-bond donors (Lipinski definition) is 1. The smallest absolute Gasteiger partial charge is 0.0699 e. The zero-order chi connectivity index (χ0) is 14.3. The molecule has 1 N–H and O–H groups in total. The maximum absolute atomic E-state index is 6.01. The van der Waals surface area contributed by atoms with Crippen LogP contribution in [0.5, 0.6) is 0 Å². The Morgan fingerprint density at radius 2 is 1.53 bits per heavy atom. The zero-order valence-corrected chi connectivity index (χ0v) is 13.8. The van der Waals surface area contributed by atoms with Gasteiger partial charge < -0.3 is 10.1 Å². The summed E-state index contributed by atoms with van der Waals surface area (Å²) >= 11 is 0. The molecule has 0 bridgehead atoms. The molecule has 0 rings (SSSR count). The normalized spacial score (nSPS) is 13.1. The molecule has 1 unspecified atom stereocenters. The first-order chi connectivity index (χ1) is 9.20. The van der Waals surface area contributed by atoms with Gasteiger partial charge in [-0.1, -0.05) is 66.2 Å². The third-order valence-corrected chi connectivity index (χ3v) is 3.39. The Bertz CT molecular complexity index is 171. The Morgan fingerprint density at radius 1 is 0.842 bits per heavy atom. The van der Waals surface area contributed by atoms with Gasteiger partial charge in [-0.2, -0.15) is 0 Å². The predicted molar refractivity (Wildman–Crippen MR) is 85.7 cm³/mol. The summed E-state index contributed by atoms with van der Waals surface area (Å²) in [5, 5.41) is 3.51. The molecule has 0 fully saturated rings. The van der Waals surface area contributed by atoms with Crippen LogP contribution in [0.2, 0.25) is 0 Å². The summed E-state index contributed by atoms with van der Waals surface area (Å²) in [5.41, 5.74) is 0. The van der Waals surface area contributed by atoms with Crippen molar-refractivity contribution in [2.75, 3.05) is 19.7 Å². The number of ether oxygens (including phenoxy) is 1. The molecular weight excluding hydrogens is 234 g/mol. The van der Waals surface area contributed by atoms with Crippen molar-refractivity contribution in [1.29, 1.82) is 0 Å². The summed E-state index contributed by atoms with van der Waals surface area (Å²) in [5.74, 6) is 0.723. The van der Waals surface area contributed by atoms with Crippen molar-refractivity contribution in [2.24, 2.45) is 5.92 Å². The van der Waals surface area contributed by atoms with E-state index < -0.39 is 0 Å². The van der Waals surface area contributed by atoms with Crippen LogP contribution < -0.4 is 5.32 Å². The van der Waals surface area contributed by atoms with Crippen LogP contribution >= 0.6 is 0 Å². The fraction of sp³-hybridized carbons (Fsp3) is 1.00. The van der Waals surface area contributed by atoms with Crippen molar-refractivity contribution in [3.63, 3.8) is 0 Å². The van der Waals surface area contributed by atoms with E-state index in [2.05, 4.69) is 33.0 Å². The van der Waals surface area contributed by atoms with Gasteiger partial charge in [-0.3, -0.25) is 0 Å². The summed E-state index contributed by atoms with van der Waals surface area (Å²) in [6.07, 6.45) is 10.9. The van der Waals surface area contributed by atoms with Crippen molar-refractivity contribution in [2.45, 2.75) is 85.2 Å². The Labute approximate surface area is 121 Å². The van der Waals surface area contributed by atoms with Crippen LogP contribution in [0, 0.1) is 5.92 Å². The van der Waals surface area contributed by atoms with Gasteiger partial charge in [-0.15, -0.1) is 0 Å². The van der Waals surface area contributed by atoms with Crippen molar-refractivity contribution in [1.82, 2.24) is 5.32 Å². The van der Waals surface area contributed by atoms with Gasteiger partial charge in [-0.05, 0) is 25.3 Å². The molecule has 0 amide bonds. The van der Waals surface area contributed by atoms with Crippen LogP contribution in [-0.2, 0) is 4.74 Å².